The zero-order valence-electron chi connectivity index (χ0n) is 22.9. The lowest BCUT2D eigenvalue weighted by Crippen LogP contribution is -2.66. The van der Waals surface area contributed by atoms with Gasteiger partial charge in [0, 0.05) is 0 Å². The quantitative estimate of drug-likeness (QED) is 0.136. The Kier molecular flexibility index (Phi) is 10.6. The fourth-order valence-corrected chi connectivity index (χ4v) is 5.32. The molecule has 4 aliphatic rings. The third-order valence-electron chi connectivity index (χ3n) is 8.05. The predicted molar refractivity (Wildman–Crippen MR) is 128 cm³/mol. The van der Waals surface area contributed by atoms with Gasteiger partial charge in [0.05, 0.1) is 24.4 Å². The molecule has 240 valence electrons. The van der Waals surface area contributed by atoms with Crippen LogP contribution in [0.15, 0.2) is 0 Å². The van der Waals surface area contributed by atoms with Gasteiger partial charge in [0.1, 0.15) is 73.2 Å². The van der Waals surface area contributed by atoms with Gasteiger partial charge >= 0.3 is 0 Å². The molecule has 0 amide bonds. The van der Waals surface area contributed by atoms with Gasteiger partial charge in [0.2, 0.25) is 0 Å². The van der Waals surface area contributed by atoms with Crippen LogP contribution in [0.5, 0.6) is 0 Å². The number of aliphatic hydroxyl groups excluding tert-OH is 10. The molecule has 0 aromatic heterocycles. The molecule has 10 N–H and O–H groups in total. The average molecular weight is 603 g/mol. The van der Waals surface area contributed by atoms with Crippen LogP contribution in [0.25, 0.3) is 0 Å². The zero-order chi connectivity index (χ0) is 30.5. The van der Waals surface area contributed by atoms with E-state index in [4.69, 9.17) is 33.2 Å². The molecule has 0 bridgehead atoms. The molecule has 0 aromatic rings. The van der Waals surface area contributed by atoms with E-state index in [1.165, 1.54) is 27.7 Å². The van der Waals surface area contributed by atoms with Crippen molar-refractivity contribution < 1.29 is 84.2 Å². The Labute approximate surface area is 235 Å². The molecule has 20 unspecified atom stereocenters. The summed E-state index contributed by atoms with van der Waals surface area (Å²) < 4.78 is 39.2. The highest BCUT2D eigenvalue weighted by Gasteiger charge is 2.54. The van der Waals surface area contributed by atoms with Crippen LogP contribution in [0.4, 0.5) is 0 Å². The van der Waals surface area contributed by atoms with Crippen LogP contribution >= 0.6 is 0 Å². The highest BCUT2D eigenvalue weighted by Crippen LogP contribution is 2.34. The van der Waals surface area contributed by atoms with E-state index in [1.54, 1.807) is 0 Å². The van der Waals surface area contributed by atoms with Crippen LogP contribution in [-0.4, -0.2) is 174 Å². The Hall–Kier alpha value is -0.680. The van der Waals surface area contributed by atoms with Gasteiger partial charge in [-0.15, -0.1) is 0 Å². The Balaban J connectivity index is 1.51. The molecule has 4 aliphatic heterocycles. The largest absolute Gasteiger partial charge is 0.388 e. The van der Waals surface area contributed by atoms with E-state index in [-0.39, 0.29) is 0 Å². The van der Waals surface area contributed by atoms with Gasteiger partial charge < -0.3 is 84.2 Å². The van der Waals surface area contributed by atoms with Crippen molar-refractivity contribution >= 4 is 0 Å². The maximum Gasteiger partial charge on any atom is 0.187 e. The summed E-state index contributed by atoms with van der Waals surface area (Å²) in [5.41, 5.74) is 0. The first-order chi connectivity index (χ1) is 19.1. The normalized spacial score (nSPS) is 56.9. The lowest BCUT2D eigenvalue weighted by Gasteiger charge is -2.48. The summed E-state index contributed by atoms with van der Waals surface area (Å²) in [7, 11) is 0. The topological polar surface area (TPSA) is 267 Å². The molecule has 0 aromatic carbocycles. The van der Waals surface area contributed by atoms with Crippen LogP contribution in [-0.2, 0) is 33.2 Å². The Morgan fingerprint density at radius 3 is 1.22 bits per heavy atom. The molecule has 41 heavy (non-hydrogen) atoms. The monoisotopic (exact) mass is 602 g/mol. The summed E-state index contributed by atoms with van der Waals surface area (Å²) >= 11 is 0. The Morgan fingerprint density at radius 1 is 0.341 bits per heavy atom. The molecule has 20 atom stereocenters. The minimum Gasteiger partial charge on any atom is -0.388 e. The van der Waals surface area contributed by atoms with Crippen LogP contribution in [0, 0.1) is 0 Å². The summed E-state index contributed by atoms with van der Waals surface area (Å²) in [6.45, 7) is 5.72. The van der Waals surface area contributed by atoms with Crippen molar-refractivity contribution in [3.63, 3.8) is 0 Å². The maximum absolute atomic E-state index is 11.2. The van der Waals surface area contributed by atoms with Crippen molar-refractivity contribution in [2.24, 2.45) is 0 Å². The van der Waals surface area contributed by atoms with E-state index in [0.29, 0.717) is 0 Å². The Bertz CT molecular complexity index is 853. The third kappa shape index (κ3) is 6.57. The number of hydrogen-bond donors (Lipinski definition) is 10. The maximum atomic E-state index is 11.2. The van der Waals surface area contributed by atoms with Crippen molar-refractivity contribution in [2.45, 2.75) is 151 Å². The van der Waals surface area contributed by atoms with Gasteiger partial charge in [-0.2, -0.15) is 0 Å². The molecule has 0 spiro atoms. The minimum atomic E-state index is -1.75. The van der Waals surface area contributed by atoms with E-state index in [1.807, 2.05) is 0 Å². The van der Waals surface area contributed by atoms with Crippen LogP contribution in [0.1, 0.15) is 27.7 Å². The number of ether oxygens (including phenoxy) is 7. The van der Waals surface area contributed by atoms with Crippen molar-refractivity contribution in [1.29, 1.82) is 0 Å². The van der Waals surface area contributed by atoms with Gasteiger partial charge in [0.15, 0.2) is 25.2 Å². The number of aliphatic hydroxyl groups is 10. The molecule has 0 aliphatic carbocycles. The van der Waals surface area contributed by atoms with Crippen LogP contribution in [0.3, 0.4) is 0 Å². The summed E-state index contributed by atoms with van der Waals surface area (Å²) in [6.07, 6.45) is -29.4. The van der Waals surface area contributed by atoms with Crippen LogP contribution in [0.2, 0.25) is 0 Å². The second-order valence-electron chi connectivity index (χ2n) is 11.1. The molecule has 17 nitrogen and oxygen atoms in total. The van der Waals surface area contributed by atoms with E-state index in [0.717, 1.165) is 0 Å². The van der Waals surface area contributed by atoms with Crippen molar-refractivity contribution in [2.75, 3.05) is 0 Å². The standard InChI is InChI=1S/C24H42O17/c1-5-9(25)12(28)15(31)22(36-5)40-19-17(33)18(8(4)35-21(19)34)39-24-20(14(30)11(27)7(3)38-24)41-23-16(32)13(29)10(26)6(2)37-23/h5-34H,1-4H3. The van der Waals surface area contributed by atoms with E-state index in [2.05, 4.69) is 0 Å². The Morgan fingerprint density at radius 2 is 0.732 bits per heavy atom. The van der Waals surface area contributed by atoms with Gasteiger partial charge in [-0.3, -0.25) is 0 Å². The minimum absolute atomic E-state index is 0.967. The number of hydrogen-bond acceptors (Lipinski definition) is 17. The smallest absolute Gasteiger partial charge is 0.187 e. The second-order valence-corrected chi connectivity index (χ2v) is 11.1. The van der Waals surface area contributed by atoms with Crippen LogP contribution < -0.4 is 0 Å². The lowest BCUT2D eigenvalue weighted by atomic mass is 9.96. The van der Waals surface area contributed by atoms with Crippen molar-refractivity contribution in [3.8, 4) is 0 Å². The summed E-state index contributed by atoms with van der Waals surface area (Å²) in [6, 6.07) is 0. The van der Waals surface area contributed by atoms with Crippen molar-refractivity contribution in [3.05, 3.63) is 0 Å². The molecule has 0 saturated carbocycles. The molecule has 4 rings (SSSR count). The average Bonchev–Trinajstić information content (AvgIpc) is 2.92. The van der Waals surface area contributed by atoms with E-state index < -0.39 is 123 Å². The first kappa shape index (κ1) is 33.2. The fraction of sp³-hybridized carbons (Fsp3) is 1.00. The van der Waals surface area contributed by atoms with Gasteiger partial charge in [-0.25, -0.2) is 0 Å². The summed E-state index contributed by atoms with van der Waals surface area (Å²) in [4.78, 5) is 0. The first-order valence-electron chi connectivity index (χ1n) is 13.5. The highest BCUT2D eigenvalue weighted by atomic mass is 16.8. The molecule has 4 saturated heterocycles. The molecule has 0 radical (unpaired) electrons. The van der Waals surface area contributed by atoms with Crippen molar-refractivity contribution in [1.82, 2.24) is 0 Å². The van der Waals surface area contributed by atoms with Gasteiger partial charge in [0.25, 0.3) is 0 Å². The van der Waals surface area contributed by atoms with E-state index in [9.17, 15) is 51.1 Å². The highest BCUT2D eigenvalue weighted by molar-refractivity contribution is 4.96. The molecule has 17 heteroatoms. The second kappa shape index (κ2) is 13.1. The molecular formula is C24H42O17. The molecular weight excluding hydrogens is 560 g/mol. The molecule has 4 heterocycles. The summed E-state index contributed by atoms with van der Waals surface area (Å²) in [5.74, 6) is 0. The SMILES string of the molecule is CC1OC(OC2C(O)OC(C)C(OC3OC(C)C(O)C(O)C3OC3OC(C)C(O)C(O)C3O)C2O)C(O)C(O)C1O. The first-order valence-corrected chi connectivity index (χ1v) is 13.5. The van der Waals surface area contributed by atoms with E-state index >= 15 is 0 Å². The summed E-state index contributed by atoms with van der Waals surface area (Å²) in [5, 5.41) is 104. The van der Waals surface area contributed by atoms with Gasteiger partial charge in [-0.1, -0.05) is 0 Å². The third-order valence-corrected chi connectivity index (χ3v) is 8.05. The molecule has 4 fully saturated rings. The zero-order valence-corrected chi connectivity index (χ0v) is 22.9. The van der Waals surface area contributed by atoms with Gasteiger partial charge in [-0.05, 0) is 27.7 Å². The number of rotatable bonds is 6. The fourth-order valence-electron chi connectivity index (χ4n) is 5.32. The predicted octanol–water partition coefficient (Wildman–Crippen LogP) is -5.64. The lowest BCUT2D eigenvalue weighted by molar-refractivity contribution is -0.392.